The molecule has 0 saturated carbocycles. The number of nitro groups is 1. The van der Waals surface area contributed by atoms with Crippen LogP contribution < -0.4 is 4.74 Å². The number of benzene rings is 2. The second kappa shape index (κ2) is 7.06. The van der Waals surface area contributed by atoms with E-state index in [9.17, 15) is 10.1 Å². The van der Waals surface area contributed by atoms with Crippen molar-refractivity contribution in [1.29, 1.82) is 0 Å². The second-order valence-electron chi connectivity index (χ2n) is 4.44. The number of ether oxygens (including phenoxy) is 1. The Kier molecular flexibility index (Phi) is 5.14. The van der Waals surface area contributed by atoms with Crippen molar-refractivity contribution in [2.75, 3.05) is 6.61 Å². The molecular weight excluding hydrogens is 294 g/mol. The number of nitro benzene ring substituents is 1. The molecular formula is C15H14ClNO4. The van der Waals surface area contributed by atoms with Gasteiger partial charge in [-0.2, -0.15) is 0 Å². The fourth-order valence-corrected chi connectivity index (χ4v) is 2.00. The molecule has 2 aromatic rings. The first kappa shape index (κ1) is 15.3. The molecule has 0 bridgehead atoms. The molecule has 2 rings (SSSR count). The number of non-ortho nitro benzene ring substituents is 1. The third-order valence-electron chi connectivity index (χ3n) is 2.96. The largest absolute Gasteiger partial charge is 0.489 e. The number of aliphatic hydroxyl groups excluding tert-OH is 1. The third kappa shape index (κ3) is 4.18. The van der Waals surface area contributed by atoms with Crippen molar-refractivity contribution in [3.63, 3.8) is 0 Å². The van der Waals surface area contributed by atoms with Crippen molar-refractivity contribution in [3.05, 3.63) is 68.7 Å². The monoisotopic (exact) mass is 307 g/mol. The zero-order valence-corrected chi connectivity index (χ0v) is 11.9. The molecule has 0 amide bonds. The molecule has 0 aliphatic rings. The highest BCUT2D eigenvalue weighted by atomic mass is 35.5. The molecule has 0 spiro atoms. The molecule has 2 aromatic carbocycles. The zero-order valence-electron chi connectivity index (χ0n) is 11.2. The van der Waals surface area contributed by atoms with E-state index in [0.717, 1.165) is 5.56 Å². The van der Waals surface area contributed by atoms with Crippen molar-refractivity contribution >= 4 is 17.3 Å². The molecule has 1 N–H and O–H groups in total. The highest BCUT2D eigenvalue weighted by Crippen LogP contribution is 2.23. The molecule has 0 saturated heterocycles. The molecule has 0 heterocycles. The van der Waals surface area contributed by atoms with Crippen molar-refractivity contribution in [2.24, 2.45) is 0 Å². The predicted octanol–water partition coefficient (Wildman–Crippen LogP) is 3.36. The lowest BCUT2D eigenvalue weighted by Gasteiger charge is -2.08. The SMILES string of the molecule is O=[N+]([O-])c1ccc(Cl)c(COc2ccc(CCO)cc2)c1. The number of hydrogen-bond acceptors (Lipinski definition) is 4. The van der Waals surface area contributed by atoms with Gasteiger partial charge in [0.25, 0.3) is 5.69 Å². The molecule has 0 unspecified atom stereocenters. The molecule has 21 heavy (non-hydrogen) atoms. The first-order chi connectivity index (χ1) is 10.1. The fourth-order valence-electron chi connectivity index (χ4n) is 1.83. The molecule has 0 aromatic heterocycles. The number of rotatable bonds is 6. The lowest BCUT2D eigenvalue weighted by atomic mass is 10.1. The minimum Gasteiger partial charge on any atom is -0.489 e. The van der Waals surface area contributed by atoms with Crippen LogP contribution in [0.4, 0.5) is 5.69 Å². The zero-order chi connectivity index (χ0) is 15.2. The molecule has 0 aliphatic heterocycles. The lowest BCUT2D eigenvalue weighted by Crippen LogP contribution is -1.98. The Morgan fingerprint density at radius 2 is 1.90 bits per heavy atom. The van der Waals surface area contributed by atoms with Gasteiger partial charge in [-0.25, -0.2) is 0 Å². The molecule has 5 nitrogen and oxygen atoms in total. The lowest BCUT2D eigenvalue weighted by molar-refractivity contribution is -0.384. The van der Waals surface area contributed by atoms with Crippen molar-refractivity contribution in [3.8, 4) is 5.75 Å². The van der Waals surface area contributed by atoms with E-state index >= 15 is 0 Å². The summed E-state index contributed by atoms with van der Waals surface area (Å²) in [4.78, 5) is 10.3. The van der Waals surface area contributed by atoms with Crippen LogP contribution in [0.2, 0.25) is 5.02 Å². The van der Waals surface area contributed by atoms with Crippen LogP contribution in [-0.4, -0.2) is 16.6 Å². The Hall–Kier alpha value is -2.11. The topological polar surface area (TPSA) is 72.6 Å². The second-order valence-corrected chi connectivity index (χ2v) is 4.85. The van der Waals surface area contributed by atoms with E-state index in [1.54, 1.807) is 12.1 Å². The maximum atomic E-state index is 10.7. The summed E-state index contributed by atoms with van der Waals surface area (Å²) in [6.07, 6.45) is 0.594. The number of nitrogens with zero attached hydrogens (tertiary/aromatic N) is 1. The van der Waals surface area contributed by atoms with Gasteiger partial charge in [0, 0.05) is 29.3 Å². The summed E-state index contributed by atoms with van der Waals surface area (Å²) in [5.74, 6) is 0.638. The van der Waals surface area contributed by atoms with Gasteiger partial charge >= 0.3 is 0 Å². The number of aliphatic hydroxyl groups is 1. The molecule has 0 aliphatic carbocycles. The van der Waals surface area contributed by atoms with E-state index in [-0.39, 0.29) is 18.9 Å². The Morgan fingerprint density at radius 3 is 2.52 bits per heavy atom. The van der Waals surface area contributed by atoms with Crippen LogP contribution in [0.25, 0.3) is 0 Å². The van der Waals surface area contributed by atoms with Gasteiger partial charge < -0.3 is 9.84 Å². The normalized spacial score (nSPS) is 10.4. The van der Waals surface area contributed by atoms with E-state index in [2.05, 4.69) is 0 Å². The average molecular weight is 308 g/mol. The summed E-state index contributed by atoms with van der Waals surface area (Å²) in [5, 5.41) is 20.0. The van der Waals surface area contributed by atoms with Gasteiger partial charge in [0.1, 0.15) is 12.4 Å². The van der Waals surface area contributed by atoms with Gasteiger partial charge in [0.15, 0.2) is 0 Å². The van der Waals surface area contributed by atoms with E-state index in [1.807, 2.05) is 12.1 Å². The average Bonchev–Trinajstić information content (AvgIpc) is 2.48. The first-order valence-electron chi connectivity index (χ1n) is 6.35. The predicted molar refractivity (Wildman–Crippen MR) is 79.7 cm³/mol. The van der Waals surface area contributed by atoms with Crippen molar-refractivity contribution in [1.82, 2.24) is 0 Å². The van der Waals surface area contributed by atoms with E-state index in [4.69, 9.17) is 21.4 Å². The standard InChI is InChI=1S/C15H14ClNO4/c16-15-6-3-13(17(19)20)9-12(15)10-21-14-4-1-11(2-5-14)7-8-18/h1-6,9,18H,7-8,10H2. The Labute approximate surface area is 126 Å². The summed E-state index contributed by atoms with van der Waals surface area (Å²) in [7, 11) is 0. The maximum Gasteiger partial charge on any atom is 0.269 e. The smallest absolute Gasteiger partial charge is 0.269 e. The maximum absolute atomic E-state index is 10.7. The highest BCUT2D eigenvalue weighted by Gasteiger charge is 2.10. The Balaban J connectivity index is 2.05. The molecule has 0 radical (unpaired) electrons. The Bertz CT molecular complexity index is 628. The van der Waals surface area contributed by atoms with Crippen LogP contribution in [0.3, 0.4) is 0 Å². The highest BCUT2D eigenvalue weighted by molar-refractivity contribution is 6.31. The summed E-state index contributed by atoms with van der Waals surface area (Å²) in [6, 6.07) is 11.6. The van der Waals surface area contributed by atoms with Gasteiger partial charge in [-0.15, -0.1) is 0 Å². The summed E-state index contributed by atoms with van der Waals surface area (Å²) in [5.41, 5.74) is 1.56. The number of halogens is 1. The van der Waals surface area contributed by atoms with Crippen molar-refractivity contribution < 1.29 is 14.8 Å². The van der Waals surface area contributed by atoms with Crippen LogP contribution in [0, 0.1) is 10.1 Å². The molecule has 0 atom stereocenters. The van der Waals surface area contributed by atoms with Gasteiger partial charge in [-0.05, 0) is 30.2 Å². The van der Waals surface area contributed by atoms with Crippen LogP contribution in [0.15, 0.2) is 42.5 Å². The van der Waals surface area contributed by atoms with E-state index < -0.39 is 4.92 Å². The van der Waals surface area contributed by atoms with Gasteiger partial charge in [0.2, 0.25) is 0 Å². The minimum atomic E-state index is -0.469. The summed E-state index contributed by atoms with van der Waals surface area (Å²) < 4.78 is 5.57. The van der Waals surface area contributed by atoms with Gasteiger partial charge in [-0.1, -0.05) is 23.7 Å². The van der Waals surface area contributed by atoms with Crippen molar-refractivity contribution in [2.45, 2.75) is 13.0 Å². The van der Waals surface area contributed by atoms with E-state index in [0.29, 0.717) is 22.8 Å². The molecule has 0 fully saturated rings. The van der Waals surface area contributed by atoms with Crippen LogP contribution in [-0.2, 0) is 13.0 Å². The first-order valence-corrected chi connectivity index (χ1v) is 6.73. The van der Waals surface area contributed by atoms with Gasteiger partial charge in [0.05, 0.1) is 4.92 Å². The summed E-state index contributed by atoms with van der Waals surface area (Å²) >= 11 is 6.00. The number of hydrogen-bond donors (Lipinski definition) is 1. The van der Waals surface area contributed by atoms with Crippen LogP contribution >= 0.6 is 11.6 Å². The Morgan fingerprint density at radius 1 is 1.19 bits per heavy atom. The van der Waals surface area contributed by atoms with Gasteiger partial charge in [-0.3, -0.25) is 10.1 Å². The fraction of sp³-hybridized carbons (Fsp3) is 0.200. The minimum absolute atomic E-state index is 0.0173. The summed E-state index contributed by atoms with van der Waals surface area (Å²) in [6.45, 7) is 0.253. The molecule has 110 valence electrons. The van der Waals surface area contributed by atoms with E-state index in [1.165, 1.54) is 18.2 Å². The quantitative estimate of drug-likeness (QED) is 0.656. The third-order valence-corrected chi connectivity index (χ3v) is 3.33. The molecule has 6 heteroatoms. The van der Waals surface area contributed by atoms with Crippen LogP contribution in [0.1, 0.15) is 11.1 Å². The van der Waals surface area contributed by atoms with Crippen LogP contribution in [0.5, 0.6) is 5.75 Å².